The summed E-state index contributed by atoms with van der Waals surface area (Å²) in [6, 6.07) is 1.97. The number of carboxylic acid groups (broad SMARTS) is 1. The molecular formula is C16H22F3N5O4. The summed E-state index contributed by atoms with van der Waals surface area (Å²) in [6.45, 7) is 6.92. The number of piperidine rings is 1. The van der Waals surface area contributed by atoms with Crippen LogP contribution in [0.5, 0.6) is 0 Å². The van der Waals surface area contributed by atoms with E-state index in [2.05, 4.69) is 21.9 Å². The van der Waals surface area contributed by atoms with Crippen LogP contribution in [0, 0.1) is 6.92 Å². The lowest BCUT2D eigenvalue weighted by Gasteiger charge is -2.32. The maximum atomic E-state index is 11.8. The molecule has 0 radical (unpaired) electrons. The van der Waals surface area contributed by atoms with Crippen LogP contribution in [0.1, 0.15) is 18.5 Å². The molecule has 0 spiro atoms. The normalized spacial score (nSPS) is 16.4. The lowest BCUT2D eigenvalue weighted by Crippen LogP contribution is -2.45. The molecule has 1 fully saturated rings. The first-order valence-corrected chi connectivity index (χ1v) is 8.23. The molecule has 156 valence electrons. The number of nitrogens with one attached hydrogen (secondary N) is 1. The molecule has 0 aromatic carbocycles. The van der Waals surface area contributed by atoms with Gasteiger partial charge in [-0.2, -0.15) is 18.2 Å². The number of alkyl halides is 3. The van der Waals surface area contributed by atoms with Gasteiger partial charge in [0.2, 0.25) is 5.95 Å². The molecule has 2 rings (SSSR count). The van der Waals surface area contributed by atoms with Crippen molar-refractivity contribution in [1.29, 1.82) is 0 Å². The van der Waals surface area contributed by atoms with Crippen LogP contribution in [-0.4, -0.2) is 64.0 Å². The number of nitrogens with two attached hydrogens (primary N) is 1. The van der Waals surface area contributed by atoms with Gasteiger partial charge in [0.25, 0.3) is 0 Å². The van der Waals surface area contributed by atoms with Gasteiger partial charge in [0.05, 0.1) is 0 Å². The highest BCUT2D eigenvalue weighted by Crippen LogP contribution is 2.16. The molecule has 1 aromatic heterocycles. The van der Waals surface area contributed by atoms with Crippen LogP contribution < -0.4 is 11.1 Å². The molecule has 1 aliphatic rings. The molecule has 1 atom stereocenters. The maximum Gasteiger partial charge on any atom is 0.490 e. The van der Waals surface area contributed by atoms with Crippen LogP contribution in [0.25, 0.3) is 0 Å². The Morgan fingerprint density at radius 1 is 1.50 bits per heavy atom. The average molecular weight is 405 g/mol. The second-order valence-electron chi connectivity index (χ2n) is 5.85. The number of carboxylic acids is 1. The van der Waals surface area contributed by atoms with Gasteiger partial charge in [-0.15, -0.1) is 0 Å². The van der Waals surface area contributed by atoms with Crippen molar-refractivity contribution in [3.8, 4) is 0 Å². The Kier molecular flexibility index (Phi) is 8.48. The van der Waals surface area contributed by atoms with Crippen LogP contribution >= 0.6 is 0 Å². The van der Waals surface area contributed by atoms with Crippen LogP contribution in [0.3, 0.4) is 0 Å². The number of carbonyl (C=O) groups is 2. The number of amides is 1. The SMILES string of the molecule is C=CCOC(=O)N1CCCC(Nc2cc(C)nc(N)n2)C1.O=C(O)C(F)(F)F. The Hall–Kier alpha value is -3.05. The third-order valence-electron chi connectivity index (χ3n) is 3.47. The van der Waals surface area contributed by atoms with Gasteiger partial charge in [-0.25, -0.2) is 14.6 Å². The van der Waals surface area contributed by atoms with Crippen LogP contribution in [0.4, 0.5) is 29.7 Å². The van der Waals surface area contributed by atoms with Gasteiger partial charge in [-0.1, -0.05) is 12.7 Å². The average Bonchev–Trinajstić information content (AvgIpc) is 2.58. The zero-order valence-corrected chi connectivity index (χ0v) is 15.2. The van der Waals surface area contributed by atoms with E-state index >= 15 is 0 Å². The molecule has 2 heterocycles. The first-order chi connectivity index (χ1) is 13.0. The first kappa shape index (κ1) is 23.0. The van der Waals surface area contributed by atoms with E-state index in [1.54, 1.807) is 11.0 Å². The van der Waals surface area contributed by atoms with Gasteiger partial charge in [-0.3, -0.25) is 0 Å². The number of likely N-dealkylation sites (tertiary alicyclic amines) is 1. The third-order valence-corrected chi connectivity index (χ3v) is 3.47. The van der Waals surface area contributed by atoms with Crippen molar-refractivity contribution < 1.29 is 32.6 Å². The number of carbonyl (C=O) groups excluding carboxylic acids is 1. The van der Waals surface area contributed by atoms with E-state index < -0.39 is 12.1 Å². The topological polar surface area (TPSA) is 131 Å². The smallest absolute Gasteiger partial charge is 0.475 e. The molecule has 9 nitrogen and oxygen atoms in total. The monoisotopic (exact) mass is 405 g/mol. The number of aromatic nitrogens is 2. The zero-order valence-electron chi connectivity index (χ0n) is 15.2. The minimum absolute atomic E-state index is 0.128. The molecule has 1 unspecified atom stereocenters. The van der Waals surface area contributed by atoms with Gasteiger partial charge in [0.15, 0.2) is 0 Å². The Bertz CT molecular complexity index is 679. The van der Waals surface area contributed by atoms with Crippen LogP contribution in [-0.2, 0) is 9.53 Å². The molecule has 28 heavy (non-hydrogen) atoms. The highest BCUT2D eigenvalue weighted by molar-refractivity contribution is 5.73. The predicted octanol–water partition coefficient (Wildman–Crippen LogP) is 2.20. The molecule has 0 saturated carbocycles. The number of rotatable bonds is 4. The van der Waals surface area contributed by atoms with Crippen molar-refractivity contribution in [2.75, 3.05) is 30.7 Å². The highest BCUT2D eigenvalue weighted by atomic mass is 19.4. The number of hydrogen-bond acceptors (Lipinski definition) is 7. The molecule has 0 aliphatic carbocycles. The standard InChI is InChI=1S/C14H21N5O2.C2HF3O2/c1-3-7-21-14(20)19-6-4-5-11(9-19)17-12-8-10(2)16-13(15)18-12;3-2(4,5)1(6)7/h3,8,11H,1,4-7,9H2,2H3,(H3,15,16,17,18);(H,6,7). The molecule has 0 bridgehead atoms. The number of hydrogen-bond donors (Lipinski definition) is 3. The second-order valence-corrected chi connectivity index (χ2v) is 5.85. The van der Waals surface area contributed by atoms with Crippen LogP contribution in [0.15, 0.2) is 18.7 Å². The van der Waals surface area contributed by atoms with E-state index in [1.165, 1.54) is 0 Å². The van der Waals surface area contributed by atoms with Gasteiger partial charge in [-0.05, 0) is 19.8 Å². The van der Waals surface area contributed by atoms with Crippen molar-refractivity contribution in [1.82, 2.24) is 14.9 Å². The molecular weight excluding hydrogens is 383 g/mol. The minimum atomic E-state index is -5.08. The van der Waals surface area contributed by atoms with Crippen molar-refractivity contribution in [3.05, 3.63) is 24.4 Å². The number of aryl methyl sites for hydroxylation is 1. The molecule has 1 saturated heterocycles. The highest BCUT2D eigenvalue weighted by Gasteiger charge is 2.38. The predicted molar refractivity (Wildman–Crippen MR) is 94.6 cm³/mol. The van der Waals surface area contributed by atoms with Gasteiger partial charge in [0.1, 0.15) is 12.4 Å². The van der Waals surface area contributed by atoms with Crippen molar-refractivity contribution in [2.24, 2.45) is 0 Å². The third kappa shape index (κ3) is 8.10. The summed E-state index contributed by atoms with van der Waals surface area (Å²) in [4.78, 5) is 30.6. The van der Waals surface area contributed by atoms with E-state index in [9.17, 15) is 18.0 Å². The van der Waals surface area contributed by atoms with Crippen molar-refractivity contribution >= 4 is 23.8 Å². The summed E-state index contributed by atoms with van der Waals surface area (Å²) >= 11 is 0. The summed E-state index contributed by atoms with van der Waals surface area (Å²) in [5.41, 5.74) is 6.45. The van der Waals surface area contributed by atoms with E-state index in [0.717, 1.165) is 18.5 Å². The van der Waals surface area contributed by atoms with E-state index in [1.807, 2.05) is 13.0 Å². The molecule has 1 aliphatic heterocycles. The largest absolute Gasteiger partial charge is 0.490 e. The Morgan fingerprint density at radius 2 is 2.14 bits per heavy atom. The summed E-state index contributed by atoms with van der Waals surface area (Å²) < 4.78 is 36.8. The van der Waals surface area contributed by atoms with E-state index in [0.29, 0.717) is 18.9 Å². The molecule has 12 heteroatoms. The first-order valence-electron chi connectivity index (χ1n) is 8.23. The summed E-state index contributed by atoms with van der Waals surface area (Å²) in [5, 5.41) is 10.4. The number of ether oxygens (including phenoxy) is 1. The molecule has 1 amide bonds. The number of halogens is 3. The van der Waals surface area contributed by atoms with Crippen LogP contribution in [0.2, 0.25) is 0 Å². The van der Waals surface area contributed by atoms with Gasteiger partial charge < -0.3 is 25.8 Å². The quantitative estimate of drug-likeness (QED) is 0.650. The number of anilines is 2. The lowest BCUT2D eigenvalue weighted by atomic mass is 10.1. The summed E-state index contributed by atoms with van der Waals surface area (Å²) in [6.07, 6.45) is -1.95. The molecule has 4 N–H and O–H groups in total. The van der Waals surface area contributed by atoms with Crippen molar-refractivity contribution in [3.63, 3.8) is 0 Å². The van der Waals surface area contributed by atoms with Gasteiger partial charge >= 0.3 is 18.2 Å². The summed E-state index contributed by atoms with van der Waals surface area (Å²) in [5.74, 6) is -1.82. The number of nitrogens with zero attached hydrogens (tertiary/aromatic N) is 3. The fraction of sp³-hybridized carbons (Fsp3) is 0.500. The fourth-order valence-electron chi connectivity index (χ4n) is 2.36. The number of nitrogen functional groups attached to an aromatic ring is 1. The molecule has 1 aromatic rings. The Balaban J connectivity index is 0.000000480. The maximum absolute atomic E-state index is 11.8. The summed E-state index contributed by atoms with van der Waals surface area (Å²) in [7, 11) is 0. The zero-order chi connectivity index (χ0) is 21.3. The Morgan fingerprint density at radius 3 is 2.68 bits per heavy atom. The number of aliphatic carboxylic acids is 1. The lowest BCUT2D eigenvalue weighted by molar-refractivity contribution is -0.192. The minimum Gasteiger partial charge on any atom is -0.475 e. The Labute approximate surface area is 159 Å². The van der Waals surface area contributed by atoms with Gasteiger partial charge in [0, 0.05) is 30.9 Å². The fourth-order valence-corrected chi connectivity index (χ4v) is 2.36. The van der Waals surface area contributed by atoms with Crippen molar-refractivity contribution in [2.45, 2.75) is 32.0 Å². The van der Waals surface area contributed by atoms with E-state index in [4.69, 9.17) is 20.4 Å². The van der Waals surface area contributed by atoms with E-state index in [-0.39, 0.29) is 24.7 Å². The second kappa shape index (κ2) is 10.3.